The minimum absolute atomic E-state index is 0.290. The molecule has 0 spiro atoms. The van der Waals surface area contributed by atoms with Crippen molar-refractivity contribution in [2.45, 2.75) is 13.5 Å². The van der Waals surface area contributed by atoms with E-state index < -0.39 is 11.7 Å². The molecular formula is C23H19Cl2FN2O3. The zero-order valence-corrected chi connectivity index (χ0v) is 18.1. The standard InChI is InChI=1S/C23H19Cl2FN2O3/c1-2-30-22-12-15(13-27-28-23(29)17-5-7-18(26)8-6-17)4-10-21(22)31-14-16-3-9-19(24)20(25)11-16/h3-13H,2,14H2,1H3,(H,28,29)/b27-13-. The number of halogens is 3. The van der Waals surface area contributed by atoms with Gasteiger partial charge < -0.3 is 9.47 Å². The highest BCUT2D eigenvalue weighted by Crippen LogP contribution is 2.30. The number of ether oxygens (including phenoxy) is 2. The van der Waals surface area contributed by atoms with Gasteiger partial charge in [0.2, 0.25) is 0 Å². The molecular weight excluding hydrogens is 442 g/mol. The zero-order chi connectivity index (χ0) is 22.2. The third-order valence-corrected chi connectivity index (χ3v) is 4.87. The summed E-state index contributed by atoms with van der Waals surface area (Å²) in [5, 5.41) is 4.88. The lowest BCUT2D eigenvalue weighted by atomic mass is 10.2. The molecule has 1 N–H and O–H groups in total. The van der Waals surface area contributed by atoms with Gasteiger partial charge in [0, 0.05) is 5.56 Å². The summed E-state index contributed by atoms with van der Waals surface area (Å²) < 4.78 is 24.5. The first-order valence-electron chi connectivity index (χ1n) is 9.39. The van der Waals surface area contributed by atoms with Gasteiger partial charge in [-0.15, -0.1) is 0 Å². The van der Waals surface area contributed by atoms with Crippen molar-refractivity contribution in [2.24, 2.45) is 5.10 Å². The molecule has 0 aliphatic rings. The molecule has 0 heterocycles. The third kappa shape index (κ3) is 6.44. The number of carbonyl (C=O) groups is 1. The van der Waals surface area contributed by atoms with Crippen molar-refractivity contribution in [3.8, 4) is 11.5 Å². The first kappa shape index (κ1) is 22.6. The van der Waals surface area contributed by atoms with Crippen LogP contribution in [-0.4, -0.2) is 18.7 Å². The summed E-state index contributed by atoms with van der Waals surface area (Å²) in [6.07, 6.45) is 1.48. The van der Waals surface area contributed by atoms with Crippen molar-refractivity contribution < 1.29 is 18.7 Å². The van der Waals surface area contributed by atoms with Gasteiger partial charge >= 0.3 is 0 Å². The predicted molar refractivity (Wildman–Crippen MR) is 120 cm³/mol. The van der Waals surface area contributed by atoms with Crippen LogP contribution in [0.15, 0.2) is 65.8 Å². The Morgan fingerprint density at radius 3 is 2.48 bits per heavy atom. The first-order chi connectivity index (χ1) is 15.0. The van der Waals surface area contributed by atoms with Gasteiger partial charge in [-0.05, 0) is 72.6 Å². The van der Waals surface area contributed by atoms with Crippen LogP contribution in [0.2, 0.25) is 10.0 Å². The lowest BCUT2D eigenvalue weighted by Crippen LogP contribution is -2.17. The Kier molecular flexibility index (Phi) is 7.87. The molecule has 160 valence electrons. The Morgan fingerprint density at radius 1 is 1.00 bits per heavy atom. The van der Waals surface area contributed by atoms with Crippen molar-refractivity contribution in [1.82, 2.24) is 5.43 Å². The van der Waals surface area contributed by atoms with Gasteiger partial charge in [0.15, 0.2) is 11.5 Å². The molecule has 3 aromatic rings. The number of rotatable bonds is 8. The van der Waals surface area contributed by atoms with Crippen LogP contribution in [0.5, 0.6) is 11.5 Å². The number of nitrogens with one attached hydrogen (secondary N) is 1. The molecule has 3 aromatic carbocycles. The highest BCUT2D eigenvalue weighted by atomic mass is 35.5. The molecule has 5 nitrogen and oxygen atoms in total. The smallest absolute Gasteiger partial charge is 0.271 e. The van der Waals surface area contributed by atoms with Crippen LogP contribution in [0.1, 0.15) is 28.4 Å². The molecule has 0 bridgehead atoms. The lowest BCUT2D eigenvalue weighted by Gasteiger charge is -2.13. The fourth-order valence-electron chi connectivity index (χ4n) is 2.61. The lowest BCUT2D eigenvalue weighted by molar-refractivity contribution is 0.0955. The van der Waals surface area contributed by atoms with Gasteiger partial charge in [-0.2, -0.15) is 5.10 Å². The second-order valence-electron chi connectivity index (χ2n) is 6.38. The van der Waals surface area contributed by atoms with Crippen LogP contribution < -0.4 is 14.9 Å². The highest BCUT2D eigenvalue weighted by Gasteiger charge is 2.08. The number of hydrazone groups is 1. The molecule has 0 fully saturated rings. The fourth-order valence-corrected chi connectivity index (χ4v) is 2.93. The Balaban J connectivity index is 1.66. The molecule has 0 aliphatic carbocycles. The predicted octanol–water partition coefficient (Wildman–Crippen LogP) is 5.87. The normalized spacial score (nSPS) is 10.8. The van der Waals surface area contributed by atoms with E-state index in [1.165, 1.54) is 30.5 Å². The first-order valence-corrected chi connectivity index (χ1v) is 10.1. The Morgan fingerprint density at radius 2 is 1.77 bits per heavy atom. The number of hydrogen-bond donors (Lipinski definition) is 1. The third-order valence-electron chi connectivity index (χ3n) is 4.13. The van der Waals surface area contributed by atoms with Gasteiger partial charge in [-0.3, -0.25) is 4.79 Å². The monoisotopic (exact) mass is 460 g/mol. The largest absolute Gasteiger partial charge is 0.490 e. The Labute approximate surface area is 189 Å². The van der Waals surface area contributed by atoms with Gasteiger partial charge in [0.05, 0.1) is 22.9 Å². The van der Waals surface area contributed by atoms with Gasteiger partial charge in [0.1, 0.15) is 12.4 Å². The Bertz CT molecular complexity index is 1090. The van der Waals surface area contributed by atoms with Crippen molar-refractivity contribution >= 4 is 35.3 Å². The van der Waals surface area contributed by atoms with Crippen LogP contribution in [0.25, 0.3) is 0 Å². The fraction of sp³-hybridized carbons (Fsp3) is 0.130. The van der Waals surface area contributed by atoms with Gasteiger partial charge in [0.25, 0.3) is 5.91 Å². The second-order valence-corrected chi connectivity index (χ2v) is 7.20. The average molecular weight is 461 g/mol. The van der Waals surface area contributed by atoms with E-state index in [-0.39, 0.29) is 6.61 Å². The molecule has 0 atom stereocenters. The maximum atomic E-state index is 12.9. The molecule has 3 rings (SSSR count). The summed E-state index contributed by atoms with van der Waals surface area (Å²) in [6, 6.07) is 15.8. The topological polar surface area (TPSA) is 59.9 Å². The SMILES string of the molecule is CCOc1cc(/C=N\NC(=O)c2ccc(F)cc2)ccc1OCc1ccc(Cl)c(Cl)c1. The van der Waals surface area contributed by atoms with Crippen LogP contribution >= 0.6 is 23.2 Å². The quantitative estimate of drug-likeness (QED) is 0.337. The minimum atomic E-state index is -0.442. The van der Waals surface area contributed by atoms with Crippen LogP contribution in [0.4, 0.5) is 4.39 Å². The summed E-state index contributed by atoms with van der Waals surface area (Å²) in [5.41, 5.74) is 4.27. The van der Waals surface area contributed by atoms with Crippen molar-refractivity contribution in [1.29, 1.82) is 0 Å². The van der Waals surface area contributed by atoms with Crippen molar-refractivity contribution in [3.63, 3.8) is 0 Å². The summed E-state index contributed by atoms with van der Waals surface area (Å²) >= 11 is 12.0. The molecule has 0 aliphatic heterocycles. The summed E-state index contributed by atoms with van der Waals surface area (Å²) in [6.45, 7) is 2.61. The Hall–Kier alpha value is -3.09. The molecule has 31 heavy (non-hydrogen) atoms. The van der Waals surface area contributed by atoms with E-state index in [4.69, 9.17) is 32.7 Å². The van der Waals surface area contributed by atoms with Gasteiger partial charge in [-0.1, -0.05) is 29.3 Å². The number of carbonyl (C=O) groups excluding carboxylic acids is 1. The van der Waals surface area contributed by atoms with E-state index in [1.54, 1.807) is 30.3 Å². The molecule has 0 saturated carbocycles. The van der Waals surface area contributed by atoms with E-state index in [2.05, 4.69) is 10.5 Å². The van der Waals surface area contributed by atoms with Crippen molar-refractivity contribution in [3.05, 3.63) is 93.2 Å². The number of benzene rings is 3. The number of amides is 1. The molecule has 0 saturated heterocycles. The van der Waals surface area contributed by atoms with E-state index in [0.29, 0.717) is 39.3 Å². The molecule has 8 heteroatoms. The number of hydrogen-bond acceptors (Lipinski definition) is 4. The van der Waals surface area contributed by atoms with Crippen LogP contribution in [-0.2, 0) is 6.61 Å². The zero-order valence-electron chi connectivity index (χ0n) is 16.6. The minimum Gasteiger partial charge on any atom is -0.490 e. The van der Waals surface area contributed by atoms with Crippen LogP contribution in [0, 0.1) is 5.82 Å². The maximum Gasteiger partial charge on any atom is 0.271 e. The molecule has 0 unspecified atom stereocenters. The summed E-state index contributed by atoms with van der Waals surface area (Å²) in [4.78, 5) is 12.0. The maximum absolute atomic E-state index is 12.9. The number of nitrogens with zero attached hydrogens (tertiary/aromatic N) is 1. The van der Waals surface area contributed by atoms with E-state index in [9.17, 15) is 9.18 Å². The van der Waals surface area contributed by atoms with Crippen molar-refractivity contribution in [2.75, 3.05) is 6.61 Å². The van der Waals surface area contributed by atoms with Crippen LogP contribution in [0.3, 0.4) is 0 Å². The second kappa shape index (κ2) is 10.8. The summed E-state index contributed by atoms with van der Waals surface area (Å²) in [5.74, 6) is 0.240. The molecule has 1 amide bonds. The van der Waals surface area contributed by atoms with Gasteiger partial charge in [-0.25, -0.2) is 9.82 Å². The average Bonchev–Trinajstić information content (AvgIpc) is 2.76. The van der Waals surface area contributed by atoms with E-state index in [0.717, 1.165) is 5.56 Å². The summed E-state index contributed by atoms with van der Waals surface area (Å²) in [7, 11) is 0. The van der Waals surface area contributed by atoms with E-state index in [1.807, 2.05) is 13.0 Å². The molecule has 0 radical (unpaired) electrons. The van der Waals surface area contributed by atoms with E-state index >= 15 is 0 Å². The molecule has 0 aromatic heterocycles. The highest BCUT2D eigenvalue weighted by molar-refractivity contribution is 6.42.